The van der Waals surface area contributed by atoms with Crippen molar-refractivity contribution in [2.45, 2.75) is 31.2 Å². The second-order valence-electron chi connectivity index (χ2n) is 4.77. The highest BCUT2D eigenvalue weighted by Crippen LogP contribution is 2.29. The second-order valence-corrected chi connectivity index (χ2v) is 4.77. The summed E-state index contributed by atoms with van der Waals surface area (Å²) >= 11 is 0. The van der Waals surface area contributed by atoms with Crippen LogP contribution in [0.25, 0.3) is 0 Å². The zero-order valence-corrected chi connectivity index (χ0v) is 9.38. The number of rotatable bonds is 2. The summed E-state index contributed by atoms with van der Waals surface area (Å²) in [6.07, 6.45) is 1.40. The Balaban J connectivity index is 1.72. The molecule has 2 aliphatic heterocycles. The molecule has 86 valence electrons. The number of likely N-dealkylation sites (tertiary alicyclic amines) is 1. The first kappa shape index (κ1) is 10.3. The Bertz CT molecular complexity index is 354. The Morgan fingerprint density at radius 2 is 2.12 bits per heavy atom. The van der Waals surface area contributed by atoms with Gasteiger partial charge in [-0.2, -0.15) is 0 Å². The fourth-order valence-corrected chi connectivity index (χ4v) is 2.91. The molecule has 3 atom stereocenters. The van der Waals surface area contributed by atoms with Crippen molar-refractivity contribution in [2.75, 3.05) is 13.2 Å². The van der Waals surface area contributed by atoms with Crippen LogP contribution in [0.15, 0.2) is 30.3 Å². The summed E-state index contributed by atoms with van der Waals surface area (Å²) in [5.74, 6) is 0. The average molecular weight is 218 g/mol. The zero-order chi connectivity index (χ0) is 11.0. The Labute approximate surface area is 96.2 Å². The van der Waals surface area contributed by atoms with Gasteiger partial charge in [-0.25, -0.2) is 0 Å². The molecule has 1 aromatic carbocycles. The van der Waals surface area contributed by atoms with E-state index in [2.05, 4.69) is 35.2 Å². The number of nitrogens with two attached hydrogens (primary N) is 1. The van der Waals surface area contributed by atoms with E-state index in [1.165, 1.54) is 5.56 Å². The lowest BCUT2D eigenvalue weighted by Crippen LogP contribution is -2.35. The molecule has 2 saturated heterocycles. The topological polar surface area (TPSA) is 38.5 Å². The van der Waals surface area contributed by atoms with Gasteiger partial charge in [0, 0.05) is 31.8 Å². The van der Waals surface area contributed by atoms with Crippen molar-refractivity contribution < 1.29 is 4.74 Å². The van der Waals surface area contributed by atoms with Crippen LogP contribution in [0, 0.1) is 0 Å². The third-order valence-electron chi connectivity index (χ3n) is 3.67. The molecule has 2 heterocycles. The van der Waals surface area contributed by atoms with E-state index >= 15 is 0 Å². The van der Waals surface area contributed by atoms with Gasteiger partial charge in [0.1, 0.15) is 0 Å². The quantitative estimate of drug-likeness (QED) is 0.804. The van der Waals surface area contributed by atoms with Gasteiger partial charge in [0.15, 0.2) is 0 Å². The molecule has 0 amide bonds. The molecule has 16 heavy (non-hydrogen) atoms. The molecule has 3 rings (SSSR count). The first-order valence-corrected chi connectivity index (χ1v) is 6.00. The molecule has 2 aliphatic rings. The number of fused-ring (bicyclic) bond motifs is 1. The van der Waals surface area contributed by atoms with Gasteiger partial charge < -0.3 is 10.5 Å². The van der Waals surface area contributed by atoms with E-state index in [1.54, 1.807) is 0 Å². The SMILES string of the molecule is N[C@@H]1CN(Cc2ccccc2)[C@H]2CCO[C@@H]12. The van der Waals surface area contributed by atoms with Gasteiger partial charge in [-0.15, -0.1) is 0 Å². The van der Waals surface area contributed by atoms with Crippen LogP contribution in [0.1, 0.15) is 12.0 Å². The lowest BCUT2D eigenvalue weighted by molar-refractivity contribution is 0.0951. The van der Waals surface area contributed by atoms with Crippen molar-refractivity contribution in [1.82, 2.24) is 4.90 Å². The van der Waals surface area contributed by atoms with E-state index in [1.807, 2.05) is 0 Å². The van der Waals surface area contributed by atoms with Crippen molar-refractivity contribution in [1.29, 1.82) is 0 Å². The molecule has 3 heteroatoms. The molecule has 3 nitrogen and oxygen atoms in total. The van der Waals surface area contributed by atoms with Crippen LogP contribution < -0.4 is 5.73 Å². The highest BCUT2D eigenvalue weighted by molar-refractivity contribution is 5.15. The van der Waals surface area contributed by atoms with Crippen molar-refractivity contribution in [2.24, 2.45) is 5.73 Å². The minimum absolute atomic E-state index is 0.191. The van der Waals surface area contributed by atoms with Crippen LogP contribution in [-0.4, -0.2) is 36.2 Å². The van der Waals surface area contributed by atoms with Crippen LogP contribution in [0.5, 0.6) is 0 Å². The van der Waals surface area contributed by atoms with E-state index < -0.39 is 0 Å². The van der Waals surface area contributed by atoms with Crippen LogP contribution in [0.3, 0.4) is 0 Å². The Morgan fingerprint density at radius 3 is 2.94 bits per heavy atom. The number of ether oxygens (including phenoxy) is 1. The van der Waals surface area contributed by atoms with Gasteiger partial charge in [0.25, 0.3) is 0 Å². The fourth-order valence-electron chi connectivity index (χ4n) is 2.91. The fraction of sp³-hybridized carbons (Fsp3) is 0.538. The maximum atomic E-state index is 6.10. The minimum atomic E-state index is 0.191. The number of hydrogen-bond acceptors (Lipinski definition) is 3. The maximum absolute atomic E-state index is 6.10. The van der Waals surface area contributed by atoms with Crippen molar-refractivity contribution in [3.05, 3.63) is 35.9 Å². The van der Waals surface area contributed by atoms with E-state index in [-0.39, 0.29) is 12.1 Å². The summed E-state index contributed by atoms with van der Waals surface area (Å²) in [6.45, 7) is 2.83. The highest BCUT2D eigenvalue weighted by Gasteiger charge is 2.43. The van der Waals surface area contributed by atoms with E-state index in [9.17, 15) is 0 Å². The molecular formula is C13H18N2O. The molecular weight excluding hydrogens is 200 g/mol. The van der Waals surface area contributed by atoms with Crippen molar-refractivity contribution in [3.63, 3.8) is 0 Å². The van der Waals surface area contributed by atoms with Gasteiger partial charge in [0.05, 0.1) is 6.10 Å². The maximum Gasteiger partial charge on any atom is 0.0894 e. The molecule has 0 bridgehead atoms. The predicted molar refractivity (Wildman–Crippen MR) is 63.0 cm³/mol. The molecule has 0 aliphatic carbocycles. The largest absolute Gasteiger partial charge is 0.375 e. The lowest BCUT2D eigenvalue weighted by Gasteiger charge is -2.21. The summed E-state index contributed by atoms with van der Waals surface area (Å²) in [6, 6.07) is 11.3. The van der Waals surface area contributed by atoms with Gasteiger partial charge in [0.2, 0.25) is 0 Å². The molecule has 2 fully saturated rings. The van der Waals surface area contributed by atoms with Gasteiger partial charge in [-0.05, 0) is 12.0 Å². The van der Waals surface area contributed by atoms with E-state index in [4.69, 9.17) is 10.5 Å². The first-order chi connectivity index (χ1) is 7.84. The van der Waals surface area contributed by atoms with E-state index in [0.717, 1.165) is 26.1 Å². The third kappa shape index (κ3) is 1.75. The van der Waals surface area contributed by atoms with Crippen LogP contribution in [-0.2, 0) is 11.3 Å². The number of hydrogen-bond donors (Lipinski definition) is 1. The average Bonchev–Trinajstić information content (AvgIpc) is 2.87. The molecule has 0 radical (unpaired) electrons. The third-order valence-corrected chi connectivity index (χ3v) is 3.67. The molecule has 1 aromatic rings. The molecule has 0 saturated carbocycles. The Kier molecular flexibility index (Phi) is 2.67. The zero-order valence-electron chi connectivity index (χ0n) is 9.38. The Morgan fingerprint density at radius 1 is 1.31 bits per heavy atom. The monoisotopic (exact) mass is 218 g/mol. The summed E-state index contributed by atoms with van der Waals surface area (Å²) in [7, 11) is 0. The summed E-state index contributed by atoms with van der Waals surface area (Å²) < 4.78 is 5.69. The summed E-state index contributed by atoms with van der Waals surface area (Å²) in [5, 5.41) is 0. The predicted octanol–water partition coefficient (Wildman–Crippen LogP) is 0.987. The van der Waals surface area contributed by atoms with Crippen LogP contribution in [0.2, 0.25) is 0 Å². The van der Waals surface area contributed by atoms with Crippen molar-refractivity contribution in [3.8, 4) is 0 Å². The standard InChI is InChI=1S/C13H18N2O/c14-11-9-15(12-6-7-16-13(11)12)8-10-4-2-1-3-5-10/h1-5,11-13H,6-9,14H2/t11-,12+,13+/m1/s1. The molecule has 0 spiro atoms. The van der Waals surface area contributed by atoms with Crippen molar-refractivity contribution >= 4 is 0 Å². The van der Waals surface area contributed by atoms with Gasteiger partial charge >= 0.3 is 0 Å². The second kappa shape index (κ2) is 4.17. The van der Waals surface area contributed by atoms with Crippen LogP contribution >= 0.6 is 0 Å². The lowest BCUT2D eigenvalue weighted by atomic mass is 10.1. The molecule has 0 unspecified atom stereocenters. The number of benzene rings is 1. The van der Waals surface area contributed by atoms with Crippen LogP contribution in [0.4, 0.5) is 0 Å². The van der Waals surface area contributed by atoms with Gasteiger partial charge in [-0.3, -0.25) is 4.90 Å². The first-order valence-electron chi connectivity index (χ1n) is 6.00. The Hall–Kier alpha value is -0.900. The number of nitrogens with zero attached hydrogens (tertiary/aromatic N) is 1. The minimum Gasteiger partial charge on any atom is -0.375 e. The molecule has 0 aromatic heterocycles. The van der Waals surface area contributed by atoms with E-state index in [0.29, 0.717) is 6.04 Å². The highest BCUT2D eigenvalue weighted by atomic mass is 16.5. The molecule has 2 N–H and O–H groups in total. The summed E-state index contributed by atoms with van der Waals surface area (Å²) in [5.41, 5.74) is 7.46. The smallest absolute Gasteiger partial charge is 0.0894 e. The normalized spacial score (nSPS) is 34.2. The van der Waals surface area contributed by atoms with Gasteiger partial charge in [-0.1, -0.05) is 30.3 Å². The summed E-state index contributed by atoms with van der Waals surface area (Å²) in [4.78, 5) is 2.47.